The van der Waals surface area contributed by atoms with Gasteiger partial charge in [-0.2, -0.15) is 8.78 Å². The second kappa shape index (κ2) is 6.76. The summed E-state index contributed by atoms with van der Waals surface area (Å²) in [5, 5.41) is 2.70. The molecule has 1 aromatic heterocycles. The molecule has 108 valence electrons. The highest BCUT2D eigenvalue weighted by atomic mass is 19.3. The van der Waals surface area contributed by atoms with Crippen LogP contribution in [0.5, 0.6) is 0 Å². The Morgan fingerprint density at radius 3 is 2.58 bits per heavy atom. The molecule has 0 aliphatic heterocycles. The monoisotopic (exact) mass is 284 g/mol. The molecule has 1 rings (SSSR count). The smallest absolute Gasteiger partial charge is 0.330 e. The Morgan fingerprint density at radius 1 is 1.37 bits per heavy atom. The number of nitrogens with one attached hydrogen (secondary N) is 1. The molecule has 1 heterocycles. The molecular formula is C11H13F5N2O. The zero-order chi connectivity index (χ0) is 14.5. The minimum Gasteiger partial charge on any atom is -0.373 e. The topological polar surface area (TPSA) is 34.1 Å². The van der Waals surface area contributed by atoms with Gasteiger partial charge in [-0.1, -0.05) is 0 Å². The lowest BCUT2D eigenvalue weighted by molar-refractivity contribution is -0.167. The molecule has 0 fully saturated rings. The van der Waals surface area contributed by atoms with Gasteiger partial charge in [-0.05, 0) is 18.7 Å². The van der Waals surface area contributed by atoms with Crippen LogP contribution in [0.25, 0.3) is 0 Å². The second-order valence-corrected chi connectivity index (χ2v) is 3.85. The van der Waals surface area contributed by atoms with Gasteiger partial charge in [0.05, 0.1) is 18.8 Å². The summed E-state index contributed by atoms with van der Waals surface area (Å²) in [6.45, 7) is -1.70. The fraction of sp³-hybridized carbons (Fsp3) is 0.545. The van der Waals surface area contributed by atoms with Crippen LogP contribution in [-0.4, -0.2) is 37.6 Å². The first-order valence-electron chi connectivity index (χ1n) is 5.38. The van der Waals surface area contributed by atoms with Crippen LogP contribution in [0.3, 0.4) is 0 Å². The molecule has 0 amide bonds. The zero-order valence-electron chi connectivity index (χ0n) is 10.0. The number of rotatable bonds is 7. The van der Waals surface area contributed by atoms with Gasteiger partial charge >= 0.3 is 12.3 Å². The third-order valence-corrected chi connectivity index (χ3v) is 2.38. The lowest BCUT2D eigenvalue weighted by Gasteiger charge is -2.19. The fourth-order valence-corrected chi connectivity index (χ4v) is 1.34. The maximum atomic E-state index is 12.9. The largest absolute Gasteiger partial charge is 0.373 e. The molecule has 3 nitrogen and oxygen atoms in total. The van der Waals surface area contributed by atoms with Crippen molar-refractivity contribution in [2.75, 3.05) is 20.3 Å². The fourth-order valence-electron chi connectivity index (χ4n) is 1.34. The normalized spacial score (nSPS) is 13.8. The van der Waals surface area contributed by atoms with E-state index in [1.165, 1.54) is 13.2 Å². The standard InChI is InChI=1S/C11H13F5N2O/c1-17-9(7-2-8(12)4-18-3-7)5-19-6-11(15,16)10(13)14/h2-4,9-10,17H,5-6H2,1H3. The van der Waals surface area contributed by atoms with Crippen molar-refractivity contribution in [2.24, 2.45) is 0 Å². The quantitative estimate of drug-likeness (QED) is 0.781. The van der Waals surface area contributed by atoms with Gasteiger partial charge in [-0.3, -0.25) is 4.98 Å². The molecule has 0 spiro atoms. The van der Waals surface area contributed by atoms with Crippen LogP contribution in [0.1, 0.15) is 11.6 Å². The number of hydrogen-bond donors (Lipinski definition) is 1. The molecule has 0 aliphatic rings. The summed E-state index contributed by atoms with van der Waals surface area (Å²) in [4.78, 5) is 3.60. The zero-order valence-corrected chi connectivity index (χ0v) is 10.0. The third-order valence-electron chi connectivity index (χ3n) is 2.38. The van der Waals surface area contributed by atoms with Crippen LogP contribution in [0.2, 0.25) is 0 Å². The number of ether oxygens (including phenoxy) is 1. The van der Waals surface area contributed by atoms with E-state index in [0.29, 0.717) is 5.56 Å². The molecule has 0 aliphatic carbocycles. The van der Waals surface area contributed by atoms with Crippen molar-refractivity contribution < 1.29 is 26.7 Å². The maximum Gasteiger partial charge on any atom is 0.330 e. The van der Waals surface area contributed by atoms with Crippen molar-refractivity contribution in [3.05, 3.63) is 29.8 Å². The van der Waals surface area contributed by atoms with E-state index in [4.69, 9.17) is 0 Å². The van der Waals surface area contributed by atoms with E-state index in [1.54, 1.807) is 0 Å². The maximum absolute atomic E-state index is 12.9. The van der Waals surface area contributed by atoms with Gasteiger partial charge in [0.15, 0.2) is 0 Å². The van der Waals surface area contributed by atoms with E-state index in [0.717, 1.165) is 12.3 Å². The summed E-state index contributed by atoms with van der Waals surface area (Å²) in [5.74, 6) is -4.78. The van der Waals surface area contributed by atoms with Gasteiger partial charge in [-0.25, -0.2) is 13.2 Å². The summed E-state index contributed by atoms with van der Waals surface area (Å²) in [7, 11) is 1.50. The number of hydrogen-bond acceptors (Lipinski definition) is 3. The van der Waals surface area contributed by atoms with Crippen LogP contribution in [-0.2, 0) is 4.74 Å². The molecule has 0 bridgehead atoms. The average Bonchev–Trinajstić information content (AvgIpc) is 2.34. The Balaban J connectivity index is 2.55. The number of nitrogens with zero attached hydrogens (tertiary/aromatic N) is 1. The van der Waals surface area contributed by atoms with Crippen molar-refractivity contribution in [3.8, 4) is 0 Å². The van der Waals surface area contributed by atoms with Crippen LogP contribution < -0.4 is 5.32 Å². The van der Waals surface area contributed by atoms with Gasteiger partial charge < -0.3 is 10.1 Å². The lowest BCUT2D eigenvalue weighted by Crippen LogP contribution is -2.34. The first kappa shape index (κ1) is 15.8. The van der Waals surface area contributed by atoms with Crippen LogP contribution in [0.4, 0.5) is 22.0 Å². The molecule has 1 aromatic rings. The van der Waals surface area contributed by atoms with Gasteiger partial charge in [0.1, 0.15) is 12.4 Å². The van der Waals surface area contributed by atoms with Gasteiger partial charge in [0, 0.05) is 6.20 Å². The minimum absolute atomic E-state index is 0.302. The molecule has 1 unspecified atom stereocenters. The first-order chi connectivity index (χ1) is 8.86. The van der Waals surface area contributed by atoms with Gasteiger partial charge in [0.2, 0.25) is 0 Å². The number of likely N-dealkylation sites (N-methyl/N-ethyl adjacent to an activating group) is 1. The molecule has 8 heteroatoms. The Morgan fingerprint density at radius 2 is 2.05 bits per heavy atom. The van der Waals surface area contributed by atoms with Crippen LogP contribution in [0.15, 0.2) is 18.5 Å². The Kier molecular flexibility index (Phi) is 5.61. The van der Waals surface area contributed by atoms with Crippen molar-refractivity contribution in [2.45, 2.75) is 18.4 Å². The van der Waals surface area contributed by atoms with Crippen LogP contribution in [0, 0.1) is 5.82 Å². The van der Waals surface area contributed by atoms with Crippen molar-refractivity contribution in [1.82, 2.24) is 10.3 Å². The van der Waals surface area contributed by atoms with Gasteiger partial charge in [0.25, 0.3) is 0 Å². The SMILES string of the molecule is CNC(COCC(F)(F)C(F)F)c1cncc(F)c1. The number of alkyl halides is 4. The molecule has 0 saturated heterocycles. The van der Waals surface area contributed by atoms with Crippen molar-refractivity contribution in [1.29, 1.82) is 0 Å². The highest BCUT2D eigenvalue weighted by Crippen LogP contribution is 2.23. The van der Waals surface area contributed by atoms with E-state index in [2.05, 4.69) is 15.0 Å². The average molecular weight is 284 g/mol. The van der Waals surface area contributed by atoms with Crippen LogP contribution >= 0.6 is 0 Å². The number of aromatic nitrogens is 1. The van der Waals surface area contributed by atoms with E-state index in [9.17, 15) is 22.0 Å². The molecule has 1 atom stereocenters. The Labute approximate surface area is 106 Å². The summed E-state index contributed by atoms with van der Waals surface area (Å²) < 4.78 is 66.5. The van der Waals surface area contributed by atoms with E-state index in [-0.39, 0.29) is 6.61 Å². The van der Waals surface area contributed by atoms with E-state index >= 15 is 0 Å². The Bertz CT molecular complexity index is 402. The molecule has 0 aromatic carbocycles. The predicted octanol–water partition coefficient (Wildman–Crippen LogP) is 2.40. The summed E-state index contributed by atoms with van der Waals surface area (Å²) in [6.07, 6.45) is -1.46. The lowest BCUT2D eigenvalue weighted by atomic mass is 10.1. The summed E-state index contributed by atoms with van der Waals surface area (Å²) in [5.41, 5.74) is 0.378. The number of pyridine rings is 1. The third kappa shape index (κ3) is 4.71. The summed E-state index contributed by atoms with van der Waals surface area (Å²) >= 11 is 0. The van der Waals surface area contributed by atoms with Crippen molar-refractivity contribution >= 4 is 0 Å². The van der Waals surface area contributed by atoms with Gasteiger partial charge in [-0.15, -0.1) is 0 Å². The van der Waals surface area contributed by atoms with Crippen molar-refractivity contribution in [3.63, 3.8) is 0 Å². The highest BCUT2D eigenvalue weighted by molar-refractivity contribution is 5.15. The molecule has 19 heavy (non-hydrogen) atoms. The predicted molar refractivity (Wildman–Crippen MR) is 57.8 cm³/mol. The highest BCUT2D eigenvalue weighted by Gasteiger charge is 2.41. The molecule has 0 radical (unpaired) electrons. The Hall–Kier alpha value is -1.28. The number of halogens is 5. The molecule has 1 N–H and O–H groups in total. The van der Waals surface area contributed by atoms with E-state index in [1.807, 2.05) is 0 Å². The molecule has 0 saturated carbocycles. The van der Waals surface area contributed by atoms with E-state index < -0.39 is 30.8 Å². The summed E-state index contributed by atoms with van der Waals surface area (Å²) in [6, 6.07) is 0.541. The first-order valence-corrected chi connectivity index (χ1v) is 5.38. The second-order valence-electron chi connectivity index (χ2n) is 3.85. The minimum atomic E-state index is -4.20. The molecular weight excluding hydrogens is 271 g/mol.